The summed E-state index contributed by atoms with van der Waals surface area (Å²) < 4.78 is 1.07. The molecule has 2 aromatic rings. The zero-order valence-corrected chi connectivity index (χ0v) is 15.9. The smallest absolute Gasteiger partial charge is 0.328 e. The molecule has 138 valence electrons. The Balaban J connectivity index is 1.73. The molecule has 0 bridgehead atoms. The first-order valence-electron chi connectivity index (χ1n) is 8.02. The lowest BCUT2D eigenvalue weighted by Crippen LogP contribution is -2.56. The van der Waals surface area contributed by atoms with Gasteiger partial charge in [0.15, 0.2) is 0 Å². The number of halogens is 3. The molecule has 0 radical (unpaired) electrons. The van der Waals surface area contributed by atoms with Crippen LogP contribution in [0.2, 0.25) is 15.1 Å². The van der Waals surface area contributed by atoms with Crippen LogP contribution in [0.3, 0.4) is 0 Å². The third-order valence-corrected chi connectivity index (χ3v) is 5.40. The van der Waals surface area contributed by atoms with Crippen molar-refractivity contribution in [3.05, 3.63) is 65.9 Å². The Hall–Kier alpha value is -1.76. The number of hydrogen-bond acceptors (Lipinski definition) is 3. The first-order valence-corrected chi connectivity index (χ1v) is 9.16. The zero-order chi connectivity index (χ0) is 18.9. The molecular formula is C17H16Cl3N3O3. The largest absolute Gasteiger partial charge is 0.349 e. The molecule has 1 aromatic carbocycles. The molecular weight excluding hydrogens is 401 g/mol. The minimum atomic E-state index is -0.682. The highest BCUT2D eigenvalue weighted by molar-refractivity contribution is 6.35. The molecule has 0 atom stereocenters. The molecule has 0 unspecified atom stereocenters. The summed E-state index contributed by atoms with van der Waals surface area (Å²) in [7, 11) is 0. The molecule has 0 spiro atoms. The third kappa shape index (κ3) is 4.14. The fraction of sp³-hybridized carbons (Fsp3) is 0.353. The topological polar surface area (TPSA) is 84.0 Å². The van der Waals surface area contributed by atoms with E-state index in [1.54, 1.807) is 12.1 Å². The summed E-state index contributed by atoms with van der Waals surface area (Å²) in [5.41, 5.74) is -0.858. The zero-order valence-electron chi connectivity index (χ0n) is 13.7. The molecule has 0 aliphatic heterocycles. The number of nitrogens with one attached hydrogen (secondary N) is 2. The van der Waals surface area contributed by atoms with Crippen molar-refractivity contribution in [1.82, 2.24) is 14.9 Å². The minimum absolute atomic E-state index is 0.149. The van der Waals surface area contributed by atoms with Crippen LogP contribution in [0.15, 0.2) is 34.0 Å². The van der Waals surface area contributed by atoms with Gasteiger partial charge in [0.05, 0.1) is 0 Å². The van der Waals surface area contributed by atoms with Crippen LogP contribution in [0.4, 0.5) is 0 Å². The number of carbonyl (C=O) groups is 1. The highest BCUT2D eigenvalue weighted by atomic mass is 35.5. The summed E-state index contributed by atoms with van der Waals surface area (Å²) in [6.45, 7) is -0.231. The molecule has 9 heteroatoms. The molecule has 1 heterocycles. The molecule has 3 rings (SSSR count). The lowest BCUT2D eigenvalue weighted by Gasteiger charge is -2.43. The molecule has 26 heavy (non-hydrogen) atoms. The van der Waals surface area contributed by atoms with Gasteiger partial charge in [-0.2, -0.15) is 0 Å². The van der Waals surface area contributed by atoms with Gasteiger partial charge in [-0.25, -0.2) is 4.79 Å². The Labute approximate surface area is 164 Å². The van der Waals surface area contributed by atoms with E-state index in [0.29, 0.717) is 16.5 Å². The number of aromatic nitrogens is 2. The van der Waals surface area contributed by atoms with Crippen LogP contribution >= 0.6 is 34.8 Å². The van der Waals surface area contributed by atoms with E-state index in [-0.39, 0.29) is 17.5 Å². The average molecular weight is 417 g/mol. The van der Waals surface area contributed by atoms with E-state index in [1.165, 1.54) is 0 Å². The Morgan fingerprint density at radius 2 is 1.92 bits per heavy atom. The Kier molecular flexibility index (Phi) is 5.46. The summed E-state index contributed by atoms with van der Waals surface area (Å²) >= 11 is 17.9. The number of rotatable bonds is 5. The number of benzene rings is 1. The molecule has 1 amide bonds. The second-order valence-electron chi connectivity index (χ2n) is 6.46. The van der Waals surface area contributed by atoms with E-state index in [1.807, 2.05) is 6.07 Å². The van der Waals surface area contributed by atoms with Crippen LogP contribution in [0.1, 0.15) is 24.8 Å². The number of H-pyrrole nitrogens is 1. The van der Waals surface area contributed by atoms with E-state index < -0.39 is 16.8 Å². The summed E-state index contributed by atoms with van der Waals surface area (Å²) in [4.78, 5) is 37.6. The number of carbonyl (C=O) groups excluding carboxylic acids is 1. The minimum Gasteiger partial charge on any atom is -0.349 e. The van der Waals surface area contributed by atoms with Gasteiger partial charge in [-0.1, -0.05) is 40.9 Å². The standard InChI is InChI=1S/C17H16Cl3N3O3/c18-11-3-2-10(12(19)6-11)7-17(4-1-5-17)22-14(24)9-23-8-13(20)15(25)21-16(23)26/h2-3,6,8H,1,4-5,7,9H2,(H,22,24)(H,21,25,26). The normalized spacial score (nSPS) is 15.3. The van der Waals surface area contributed by atoms with Gasteiger partial charge in [0.25, 0.3) is 5.56 Å². The van der Waals surface area contributed by atoms with Gasteiger partial charge in [-0.05, 0) is 43.4 Å². The van der Waals surface area contributed by atoms with Crippen molar-refractivity contribution in [2.75, 3.05) is 0 Å². The molecule has 0 saturated heterocycles. The van der Waals surface area contributed by atoms with Gasteiger partial charge in [0.1, 0.15) is 11.6 Å². The fourth-order valence-corrected chi connectivity index (χ4v) is 3.71. The number of hydrogen-bond donors (Lipinski definition) is 2. The van der Waals surface area contributed by atoms with E-state index in [9.17, 15) is 14.4 Å². The van der Waals surface area contributed by atoms with E-state index in [2.05, 4.69) is 10.3 Å². The first-order chi connectivity index (χ1) is 12.3. The van der Waals surface area contributed by atoms with Crippen LogP contribution in [-0.4, -0.2) is 21.0 Å². The summed E-state index contributed by atoms with van der Waals surface area (Å²) in [5.74, 6) is -0.333. The molecule has 1 fully saturated rings. The Morgan fingerprint density at radius 1 is 1.19 bits per heavy atom. The molecule has 1 aromatic heterocycles. The summed E-state index contributed by atoms with van der Waals surface area (Å²) in [6.07, 6.45) is 4.37. The van der Waals surface area contributed by atoms with Gasteiger partial charge in [0, 0.05) is 21.8 Å². The molecule has 1 aliphatic carbocycles. The van der Waals surface area contributed by atoms with Crippen LogP contribution in [0.25, 0.3) is 0 Å². The Bertz CT molecular complexity index is 964. The summed E-state index contributed by atoms with van der Waals surface area (Å²) in [5, 5.41) is 3.97. The van der Waals surface area contributed by atoms with Crippen molar-refractivity contribution in [2.45, 2.75) is 37.8 Å². The van der Waals surface area contributed by atoms with Crippen molar-refractivity contribution < 1.29 is 4.79 Å². The fourth-order valence-electron chi connectivity index (χ4n) is 3.07. The van der Waals surface area contributed by atoms with Crippen molar-refractivity contribution in [1.29, 1.82) is 0 Å². The lowest BCUT2D eigenvalue weighted by molar-refractivity contribution is -0.124. The van der Waals surface area contributed by atoms with Gasteiger partial charge < -0.3 is 5.32 Å². The van der Waals surface area contributed by atoms with Crippen molar-refractivity contribution in [3.8, 4) is 0 Å². The van der Waals surface area contributed by atoms with Crippen molar-refractivity contribution in [3.63, 3.8) is 0 Å². The molecule has 2 N–H and O–H groups in total. The number of aromatic amines is 1. The Morgan fingerprint density at radius 3 is 2.54 bits per heavy atom. The van der Waals surface area contributed by atoms with Gasteiger partial charge >= 0.3 is 5.69 Å². The number of nitrogens with zero attached hydrogens (tertiary/aromatic N) is 1. The van der Waals surface area contributed by atoms with Crippen LogP contribution < -0.4 is 16.6 Å². The van der Waals surface area contributed by atoms with Crippen LogP contribution in [-0.2, 0) is 17.8 Å². The van der Waals surface area contributed by atoms with Gasteiger partial charge in [-0.15, -0.1) is 0 Å². The summed E-state index contributed by atoms with van der Waals surface area (Å²) in [6, 6.07) is 5.29. The highest BCUT2D eigenvalue weighted by Crippen LogP contribution is 2.37. The predicted octanol–water partition coefficient (Wildman–Crippen LogP) is 2.78. The highest BCUT2D eigenvalue weighted by Gasteiger charge is 2.38. The maximum absolute atomic E-state index is 12.4. The third-order valence-electron chi connectivity index (χ3n) is 4.54. The quantitative estimate of drug-likeness (QED) is 0.786. The SMILES string of the molecule is O=C(Cn1cc(Cl)c(=O)[nH]c1=O)NC1(Cc2ccc(Cl)cc2Cl)CCC1. The maximum Gasteiger partial charge on any atom is 0.328 e. The molecule has 1 saturated carbocycles. The van der Waals surface area contributed by atoms with E-state index in [0.717, 1.165) is 35.6 Å². The van der Waals surface area contributed by atoms with Gasteiger partial charge in [0.2, 0.25) is 5.91 Å². The van der Waals surface area contributed by atoms with Crippen molar-refractivity contribution >= 4 is 40.7 Å². The predicted molar refractivity (Wildman–Crippen MR) is 101 cm³/mol. The van der Waals surface area contributed by atoms with Crippen LogP contribution in [0, 0.1) is 0 Å². The monoisotopic (exact) mass is 415 g/mol. The second kappa shape index (κ2) is 7.47. The molecule has 1 aliphatic rings. The lowest BCUT2D eigenvalue weighted by atomic mass is 9.72. The second-order valence-corrected chi connectivity index (χ2v) is 7.71. The first kappa shape index (κ1) is 19.0. The van der Waals surface area contributed by atoms with Gasteiger partial charge in [-0.3, -0.25) is 19.1 Å². The van der Waals surface area contributed by atoms with Crippen molar-refractivity contribution in [2.24, 2.45) is 0 Å². The molecule has 6 nitrogen and oxygen atoms in total. The van der Waals surface area contributed by atoms with E-state index in [4.69, 9.17) is 34.8 Å². The van der Waals surface area contributed by atoms with Crippen LogP contribution in [0.5, 0.6) is 0 Å². The number of amides is 1. The van der Waals surface area contributed by atoms with E-state index >= 15 is 0 Å². The average Bonchev–Trinajstić information content (AvgIpc) is 2.53. The maximum atomic E-state index is 12.4.